The highest BCUT2D eigenvalue weighted by Gasteiger charge is 2.10. The van der Waals surface area contributed by atoms with E-state index in [9.17, 15) is 0 Å². The standard InChI is InChI=1S/C16H23N3/c1-3-4-10-16(14-8-6-5-7-9-14)17-13-15-11-12-19(2)18-15/h5-9,11-12,16-17H,3-4,10,13H2,1-2H3. The molecule has 0 aliphatic carbocycles. The van der Waals surface area contributed by atoms with Gasteiger partial charge in [-0.1, -0.05) is 50.1 Å². The molecule has 1 unspecified atom stereocenters. The molecule has 0 saturated carbocycles. The van der Waals surface area contributed by atoms with Gasteiger partial charge in [0.2, 0.25) is 0 Å². The number of unbranched alkanes of at least 4 members (excludes halogenated alkanes) is 1. The Morgan fingerprint density at radius 2 is 2.00 bits per heavy atom. The van der Waals surface area contributed by atoms with Crippen LogP contribution in [0.1, 0.15) is 43.5 Å². The largest absolute Gasteiger partial charge is 0.304 e. The maximum Gasteiger partial charge on any atom is 0.0762 e. The van der Waals surface area contributed by atoms with Gasteiger partial charge in [-0.3, -0.25) is 4.68 Å². The number of hydrogen-bond donors (Lipinski definition) is 1. The van der Waals surface area contributed by atoms with Crippen LogP contribution in [0.25, 0.3) is 0 Å². The minimum Gasteiger partial charge on any atom is -0.304 e. The summed E-state index contributed by atoms with van der Waals surface area (Å²) in [5.41, 5.74) is 2.46. The first-order chi connectivity index (χ1) is 9.29. The molecule has 1 heterocycles. The van der Waals surface area contributed by atoms with Crippen LogP contribution in [0.2, 0.25) is 0 Å². The molecule has 102 valence electrons. The highest BCUT2D eigenvalue weighted by atomic mass is 15.3. The maximum atomic E-state index is 4.41. The predicted octanol–water partition coefficient (Wildman–Crippen LogP) is 3.44. The van der Waals surface area contributed by atoms with Gasteiger partial charge in [0, 0.05) is 25.8 Å². The lowest BCUT2D eigenvalue weighted by atomic mass is 10.0. The number of nitrogens with one attached hydrogen (secondary N) is 1. The molecular weight excluding hydrogens is 234 g/mol. The van der Waals surface area contributed by atoms with E-state index in [0.717, 1.165) is 12.2 Å². The summed E-state index contributed by atoms with van der Waals surface area (Å²) >= 11 is 0. The van der Waals surface area contributed by atoms with Crippen molar-refractivity contribution in [2.24, 2.45) is 7.05 Å². The molecule has 3 heteroatoms. The van der Waals surface area contributed by atoms with E-state index in [1.807, 2.05) is 17.9 Å². The van der Waals surface area contributed by atoms with E-state index >= 15 is 0 Å². The Morgan fingerprint density at radius 3 is 2.63 bits per heavy atom. The van der Waals surface area contributed by atoms with Gasteiger partial charge < -0.3 is 5.32 Å². The van der Waals surface area contributed by atoms with Crippen molar-refractivity contribution in [3.05, 3.63) is 53.9 Å². The molecule has 0 spiro atoms. The van der Waals surface area contributed by atoms with Crippen molar-refractivity contribution in [1.82, 2.24) is 15.1 Å². The van der Waals surface area contributed by atoms with Gasteiger partial charge in [-0.15, -0.1) is 0 Å². The number of benzene rings is 1. The Hall–Kier alpha value is -1.61. The lowest BCUT2D eigenvalue weighted by Crippen LogP contribution is -2.21. The van der Waals surface area contributed by atoms with E-state index < -0.39 is 0 Å². The fraction of sp³-hybridized carbons (Fsp3) is 0.438. The first-order valence-electron chi connectivity index (χ1n) is 7.06. The second kappa shape index (κ2) is 7.10. The van der Waals surface area contributed by atoms with Crippen LogP contribution in [0.5, 0.6) is 0 Å². The van der Waals surface area contributed by atoms with Gasteiger partial charge in [0.25, 0.3) is 0 Å². The van der Waals surface area contributed by atoms with E-state index in [-0.39, 0.29) is 0 Å². The molecule has 0 fully saturated rings. The van der Waals surface area contributed by atoms with Gasteiger partial charge in [-0.25, -0.2) is 0 Å². The Balaban J connectivity index is 1.97. The summed E-state index contributed by atoms with van der Waals surface area (Å²) in [4.78, 5) is 0. The summed E-state index contributed by atoms with van der Waals surface area (Å²) in [6.07, 6.45) is 5.64. The van der Waals surface area contributed by atoms with Crippen molar-refractivity contribution in [3.63, 3.8) is 0 Å². The first-order valence-corrected chi connectivity index (χ1v) is 7.06. The fourth-order valence-corrected chi connectivity index (χ4v) is 2.27. The second-order valence-corrected chi connectivity index (χ2v) is 4.97. The van der Waals surface area contributed by atoms with Crippen LogP contribution in [0.3, 0.4) is 0 Å². The Morgan fingerprint density at radius 1 is 1.21 bits per heavy atom. The number of aryl methyl sites for hydroxylation is 1. The van der Waals surface area contributed by atoms with Crippen molar-refractivity contribution in [3.8, 4) is 0 Å². The summed E-state index contributed by atoms with van der Waals surface area (Å²) in [5, 5.41) is 8.04. The zero-order valence-corrected chi connectivity index (χ0v) is 11.8. The molecule has 0 saturated heterocycles. The van der Waals surface area contributed by atoms with Crippen molar-refractivity contribution in [1.29, 1.82) is 0 Å². The SMILES string of the molecule is CCCCC(NCc1ccn(C)n1)c1ccccc1. The van der Waals surface area contributed by atoms with E-state index in [1.165, 1.54) is 24.8 Å². The zero-order chi connectivity index (χ0) is 13.5. The normalized spacial score (nSPS) is 12.5. The molecule has 1 aromatic carbocycles. The van der Waals surface area contributed by atoms with Gasteiger partial charge >= 0.3 is 0 Å². The van der Waals surface area contributed by atoms with E-state index in [1.54, 1.807) is 0 Å². The first kappa shape index (κ1) is 13.8. The van der Waals surface area contributed by atoms with Crippen molar-refractivity contribution in [2.45, 2.75) is 38.8 Å². The average molecular weight is 257 g/mol. The fourth-order valence-electron chi connectivity index (χ4n) is 2.27. The van der Waals surface area contributed by atoms with Gasteiger partial charge in [-0.05, 0) is 18.1 Å². The molecule has 0 radical (unpaired) electrons. The highest BCUT2D eigenvalue weighted by Crippen LogP contribution is 2.19. The maximum absolute atomic E-state index is 4.41. The van der Waals surface area contributed by atoms with Crippen LogP contribution in [-0.2, 0) is 13.6 Å². The van der Waals surface area contributed by atoms with Crippen LogP contribution in [0.15, 0.2) is 42.6 Å². The summed E-state index contributed by atoms with van der Waals surface area (Å²) < 4.78 is 1.85. The Kier molecular flexibility index (Phi) is 5.16. The molecule has 0 bridgehead atoms. The molecule has 0 amide bonds. The lowest BCUT2D eigenvalue weighted by Gasteiger charge is -2.18. The number of nitrogens with zero attached hydrogens (tertiary/aromatic N) is 2. The number of rotatable bonds is 7. The third-order valence-electron chi connectivity index (χ3n) is 3.35. The minimum absolute atomic E-state index is 0.420. The lowest BCUT2D eigenvalue weighted by molar-refractivity contribution is 0.475. The Bertz CT molecular complexity index is 476. The van der Waals surface area contributed by atoms with Crippen molar-refractivity contribution >= 4 is 0 Å². The molecule has 1 atom stereocenters. The van der Waals surface area contributed by atoms with Crippen LogP contribution < -0.4 is 5.32 Å². The molecule has 0 aliphatic heterocycles. The summed E-state index contributed by atoms with van der Waals surface area (Å²) in [7, 11) is 1.95. The van der Waals surface area contributed by atoms with Crippen LogP contribution >= 0.6 is 0 Å². The van der Waals surface area contributed by atoms with Gasteiger partial charge in [0.1, 0.15) is 0 Å². The molecule has 3 nitrogen and oxygen atoms in total. The molecule has 2 rings (SSSR count). The monoisotopic (exact) mass is 257 g/mol. The minimum atomic E-state index is 0.420. The Labute approximate surface area is 115 Å². The highest BCUT2D eigenvalue weighted by molar-refractivity contribution is 5.19. The molecule has 1 N–H and O–H groups in total. The molecule has 2 aromatic rings. The van der Waals surface area contributed by atoms with Gasteiger partial charge in [0.05, 0.1) is 5.69 Å². The van der Waals surface area contributed by atoms with E-state index in [4.69, 9.17) is 0 Å². The van der Waals surface area contributed by atoms with Crippen molar-refractivity contribution < 1.29 is 0 Å². The number of aromatic nitrogens is 2. The number of hydrogen-bond acceptors (Lipinski definition) is 2. The topological polar surface area (TPSA) is 29.9 Å². The molecule has 19 heavy (non-hydrogen) atoms. The smallest absolute Gasteiger partial charge is 0.0762 e. The summed E-state index contributed by atoms with van der Waals surface area (Å²) in [6, 6.07) is 13.2. The quantitative estimate of drug-likeness (QED) is 0.823. The van der Waals surface area contributed by atoms with Gasteiger partial charge in [0.15, 0.2) is 0 Å². The molecular formula is C16H23N3. The third-order valence-corrected chi connectivity index (χ3v) is 3.35. The average Bonchev–Trinajstić information content (AvgIpc) is 2.86. The third kappa shape index (κ3) is 4.21. The van der Waals surface area contributed by atoms with Crippen molar-refractivity contribution in [2.75, 3.05) is 0 Å². The second-order valence-electron chi connectivity index (χ2n) is 4.97. The summed E-state index contributed by atoms with van der Waals surface area (Å²) in [5.74, 6) is 0. The van der Waals surface area contributed by atoms with E-state index in [2.05, 4.69) is 53.7 Å². The van der Waals surface area contributed by atoms with Crippen LogP contribution in [0, 0.1) is 0 Å². The van der Waals surface area contributed by atoms with Crippen LogP contribution in [0.4, 0.5) is 0 Å². The molecule has 0 aliphatic rings. The zero-order valence-electron chi connectivity index (χ0n) is 11.8. The van der Waals surface area contributed by atoms with Gasteiger partial charge in [-0.2, -0.15) is 5.10 Å². The predicted molar refractivity (Wildman–Crippen MR) is 78.8 cm³/mol. The molecule has 1 aromatic heterocycles. The summed E-state index contributed by atoms with van der Waals surface area (Å²) in [6.45, 7) is 3.06. The van der Waals surface area contributed by atoms with Crippen LogP contribution in [-0.4, -0.2) is 9.78 Å². The van der Waals surface area contributed by atoms with E-state index in [0.29, 0.717) is 6.04 Å².